The molecule has 1 aromatic heterocycles. The first-order valence-electron chi connectivity index (χ1n) is 9.49. The van der Waals surface area contributed by atoms with E-state index in [1.807, 2.05) is 0 Å². The van der Waals surface area contributed by atoms with Crippen LogP contribution in [0.5, 0.6) is 0 Å². The number of benzene rings is 1. The number of unbranched alkanes of at least 4 members (excludes halogenated alkanes) is 2. The summed E-state index contributed by atoms with van der Waals surface area (Å²) in [4.78, 5) is 26.1. The number of carbonyl (C=O) groups is 2. The van der Waals surface area contributed by atoms with Crippen LogP contribution in [0.3, 0.4) is 0 Å². The number of aromatic nitrogens is 1. The van der Waals surface area contributed by atoms with Crippen LogP contribution in [0, 0.1) is 0 Å². The summed E-state index contributed by atoms with van der Waals surface area (Å²) in [6.45, 7) is 2.19. The minimum Gasteiger partial charge on any atom is -0.464 e. The van der Waals surface area contributed by atoms with Crippen molar-refractivity contribution in [2.24, 2.45) is 0 Å². The summed E-state index contributed by atoms with van der Waals surface area (Å²) in [5.41, 5.74) is 0.434. The lowest BCUT2D eigenvalue weighted by atomic mass is 10.3. The number of thioether (sulfide) groups is 1. The van der Waals surface area contributed by atoms with Crippen molar-refractivity contribution in [1.29, 1.82) is 0 Å². The summed E-state index contributed by atoms with van der Waals surface area (Å²) in [7, 11) is -3.80. The van der Waals surface area contributed by atoms with Crippen LogP contribution in [0.2, 0.25) is 0 Å². The average Bonchev–Trinajstić information content (AvgIpc) is 3.34. The number of nitrogens with zero attached hydrogens (tertiary/aromatic N) is 2. The van der Waals surface area contributed by atoms with E-state index in [4.69, 9.17) is 4.74 Å². The quantitative estimate of drug-likeness (QED) is 0.444. The highest BCUT2D eigenvalue weighted by atomic mass is 32.2. The summed E-state index contributed by atoms with van der Waals surface area (Å²) in [6.07, 6.45) is 4.24. The van der Waals surface area contributed by atoms with E-state index in [0.29, 0.717) is 12.3 Å². The number of hydrogen-bond acceptors (Lipinski definition) is 6. The lowest BCUT2D eigenvalue weighted by Crippen LogP contribution is -2.35. The molecular formula is C20H24N2O5S2. The third-order valence-corrected chi connectivity index (χ3v) is 7.52. The smallest absolute Gasteiger partial charge is 0.325 e. The van der Waals surface area contributed by atoms with Crippen molar-refractivity contribution in [3.8, 4) is 0 Å². The Morgan fingerprint density at radius 3 is 2.66 bits per heavy atom. The second kappa shape index (κ2) is 9.49. The molecule has 1 saturated heterocycles. The second-order valence-electron chi connectivity index (χ2n) is 6.66. The summed E-state index contributed by atoms with van der Waals surface area (Å²) in [6, 6.07) is 11.4. The molecule has 1 aliphatic heterocycles. The zero-order valence-electron chi connectivity index (χ0n) is 16.2. The van der Waals surface area contributed by atoms with Crippen LogP contribution in [-0.4, -0.2) is 48.1 Å². The van der Waals surface area contributed by atoms with E-state index in [0.717, 1.165) is 19.3 Å². The molecule has 0 aliphatic carbocycles. The molecule has 7 nitrogen and oxygen atoms in total. The van der Waals surface area contributed by atoms with Crippen molar-refractivity contribution in [3.63, 3.8) is 0 Å². The topological polar surface area (TPSA) is 85.7 Å². The fourth-order valence-corrected chi connectivity index (χ4v) is 5.75. The van der Waals surface area contributed by atoms with Crippen LogP contribution in [-0.2, 0) is 24.3 Å². The average molecular weight is 437 g/mol. The Balaban J connectivity index is 1.79. The minimum atomic E-state index is -3.80. The number of esters is 1. The summed E-state index contributed by atoms with van der Waals surface area (Å²) >= 11 is 1.30. The molecule has 0 radical (unpaired) electrons. The van der Waals surface area contributed by atoms with E-state index >= 15 is 0 Å². The molecule has 1 aliphatic rings. The first-order chi connectivity index (χ1) is 13.9. The monoisotopic (exact) mass is 436 g/mol. The van der Waals surface area contributed by atoms with Crippen LogP contribution in [0.25, 0.3) is 0 Å². The van der Waals surface area contributed by atoms with Gasteiger partial charge in [-0.05, 0) is 30.7 Å². The van der Waals surface area contributed by atoms with Gasteiger partial charge in [-0.15, -0.1) is 11.8 Å². The normalized spacial score (nSPS) is 16.9. The molecule has 3 rings (SSSR count). The highest BCUT2D eigenvalue weighted by Crippen LogP contribution is 2.39. The lowest BCUT2D eigenvalue weighted by molar-refractivity contribution is -0.148. The molecule has 2 heterocycles. The number of amides is 1. The van der Waals surface area contributed by atoms with Gasteiger partial charge < -0.3 is 9.64 Å². The van der Waals surface area contributed by atoms with Gasteiger partial charge in [-0.1, -0.05) is 38.0 Å². The van der Waals surface area contributed by atoms with Gasteiger partial charge >= 0.3 is 5.97 Å². The molecule has 1 amide bonds. The van der Waals surface area contributed by atoms with E-state index in [1.165, 1.54) is 39.0 Å². The van der Waals surface area contributed by atoms with Crippen molar-refractivity contribution in [2.75, 3.05) is 18.9 Å². The number of hydrogen-bond donors (Lipinski definition) is 0. The lowest BCUT2D eigenvalue weighted by Gasteiger charge is -2.24. The van der Waals surface area contributed by atoms with Gasteiger partial charge in [0.05, 0.1) is 22.9 Å². The molecule has 1 aromatic carbocycles. The van der Waals surface area contributed by atoms with E-state index in [2.05, 4.69) is 6.92 Å². The maximum atomic E-state index is 13.0. The van der Waals surface area contributed by atoms with Gasteiger partial charge in [0.2, 0.25) is 5.91 Å². The van der Waals surface area contributed by atoms with Crippen LogP contribution < -0.4 is 0 Å². The third-order valence-electron chi connectivity index (χ3n) is 4.57. The van der Waals surface area contributed by atoms with E-state index in [9.17, 15) is 18.0 Å². The molecule has 2 aromatic rings. The molecule has 0 spiro atoms. The van der Waals surface area contributed by atoms with E-state index in [-0.39, 0.29) is 23.1 Å². The first-order valence-corrected chi connectivity index (χ1v) is 12.0. The molecule has 29 heavy (non-hydrogen) atoms. The van der Waals surface area contributed by atoms with Gasteiger partial charge in [0.25, 0.3) is 10.0 Å². The molecule has 1 atom stereocenters. The summed E-state index contributed by atoms with van der Waals surface area (Å²) in [5, 5.41) is -0.570. The number of ether oxygens (including phenoxy) is 1. The fourth-order valence-electron chi connectivity index (χ4n) is 3.09. The van der Waals surface area contributed by atoms with Gasteiger partial charge in [0.1, 0.15) is 11.9 Å². The SMILES string of the molecule is CCCCCOC(=O)CN1C(=O)CSC1c1cccn1S(=O)(=O)c1ccccc1. The Kier molecular flexibility index (Phi) is 7.02. The summed E-state index contributed by atoms with van der Waals surface area (Å²) < 4.78 is 32.5. The Morgan fingerprint density at radius 2 is 1.93 bits per heavy atom. The first kappa shape index (κ1) is 21.4. The molecule has 156 valence electrons. The van der Waals surface area contributed by atoms with Crippen molar-refractivity contribution < 1.29 is 22.7 Å². The highest BCUT2D eigenvalue weighted by molar-refractivity contribution is 8.00. The molecule has 1 fully saturated rings. The van der Waals surface area contributed by atoms with Crippen LogP contribution in [0.15, 0.2) is 53.6 Å². The maximum Gasteiger partial charge on any atom is 0.325 e. The minimum absolute atomic E-state index is 0.161. The Labute approximate surface area is 175 Å². The van der Waals surface area contributed by atoms with Crippen LogP contribution in [0.1, 0.15) is 37.3 Å². The van der Waals surface area contributed by atoms with Crippen molar-refractivity contribution in [1.82, 2.24) is 8.87 Å². The molecule has 0 N–H and O–H groups in total. The number of rotatable bonds is 9. The Hall–Kier alpha value is -2.26. The molecule has 1 unspecified atom stereocenters. The number of carbonyl (C=O) groups excluding carboxylic acids is 2. The third kappa shape index (κ3) is 4.84. The van der Waals surface area contributed by atoms with Crippen LogP contribution in [0.4, 0.5) is 0 Å². The van der Waals surface area contributed by atoms with Crippen LogP contribution >= 0.6 is 11.8 Å². The van der Waals surface area contributed by atoms with Gasteiger partial charge in [0, 0.05) is 6.20 Å². The predicted molar refractivity (Wildman–Crippen MR) is 111 cm³/mol. The molecule has 9 heteroatoms. The molecular weight excluding hydrogens is 412 g/mol. The highest BCUT2D eigenvalue weighted by Gasteiger charge is 2.37. The Bertz CT molecular complexity index is 956. The van der Waals surface area contributed by atoms with Crippen molar-refractivity contribution in [3.05, 3.63) is 54.4 Å². The fraction of sp³-hybridized carbons (Fsp3) is 0.400. The predicted octanol–water partition coefficient (Wildman–Crippen LogP) is 3.03. The molecule has 0 bridgehead atoms. The summed E-state index contributed by atoms with van der Waals surface area (Å²) in [5.74, 6) is -0.508. The van der Waals surface area contributed by atoms with Gasteiger partial charge in [0.15, 0.2) is 0 Å². The van der Waals surface area contributed by atoms with Gasteiger partial charge in [-0.2, -0.15) is 0 Å². The van der Waals surface area contributed by atoms with Crippen molar-refractivity contribution in [2.45, 2.75) is 36.5 Å². The molecule has 0 saturated carbocycles. The largest absolute Gasteiger partial charge is 0.464 e. The second-order valence-corrected chi connectivity index (χ2v) is 9.54. The van der Waals surface area contributed by atoms with Gasteiger partial charge in [-0.3, -0.25) is 9.59 Å². The van der Waals surface area contributed by atoms with Gasteiger partial charge in [-0.25, -0.2) is 12.4 Å². The van der Waals surface area contributed by atoms with E-state index < -0.39 is 21.4 Å². The Morgan fingerprint density at radius 1 is 1.17 bits per heavy atom. The zero-order chi connectivity index (χ0) is 20.9. The maximum absolute atomic E-state index is 13.0. The van der Waals surface area contributed by atoms with E-state index in [1.54, 1.807) is 30.3 Å². The standard InChI is InChI=1S/C20H24N2O5S2/c1-2-3-7-13-27-19(24)14-21-18(23)15-28-20(21)17-11-8-12-22(17)29(25,26)16-9-5-4-6-10-16/h4-6,8-12,20H,2-3,7,13-15H2,1H3. The zero-order valence-corrected chi connectivity index (χ0v) is 17.8. The van der Waals surface area contributed by atoms with Crippen molar-refractivity contribution >= 4 is 33.7 Å².